The fraction of sp³-hybridized carbons (Fsp3) is 0.235. The number of thioether (sulfide) groups is 1. The third kappa shape index (κ3) is 3.61. The molecule has 3 rings (SSSR count). The zero-order chi connectivity index (χ0) is 17.2. The number of nitrogens with zero attached hydrogens (tertiary/aromatic N) is 2. The van der Waals surface area contributed by atoms with Crippen LogP contribution in [0.3, 0.4) is 0 Å². The first-order valence-electron chi connectivity index (χ1n) is 7.53. The third-order valence-corrected chi connectivity index (χ3v) is 7.07. The van der Waals surface area contributed by atoms with Gasteiger partial charge in [0.1, 0.15) is 0 Å². The second-order valence-electron chi connectivity index (χ2n) is 5.37. The lowest BCUT2D eigenvalue weighted by atomic mass is 10.2. The SMILES string of the molecule is CC(SC1=NCCN1S(=O)(=O)c1ccc(Cl)cc1)c1ccccc1. The van der Waals surface area contributed by atoms with E-state index in [9.17, 15) is 8.42 Å². The second kappa shape index (κ2) is 7.17. The van der Waals surface area contributed by atoms with Crippen LogP contribution in [0, 0.1) is 0 Å². The highest BCUT2D eigenvalue weighted by Crippen LogP contribution is 2.33. The summed E-state index contributed by atoms with van der Waals surface area (Å²) in [6, 6.07) is 16.2. The molecular formula is C17H17ClN2O2S2. The van der Waals surface area contributed by atoms with Gasteiger partial charge in [0.15, 0.2) is 5.17 Å². The molecule has 2 aromatic rings. The molecule has 1 heterocycles. The average Bonchev–Trinajstić information content (AvgIpc) is 3.05. The lowest BCUT2D eigenvalue weighted by Gasteiger charge is -2.22. The Morgan fingerprint density at radius 1 is 1.12 bits per heavy atom. The Hall–Kier alpha value is -1.50. The molecule has 0 aromatic heterocycles. The van der Waals surface area contributed by atoms with E-state index in [2.05, 4.69) is 4.99 Å². The standard InChI is InChI=1S/C17H17ClN2O2S2/c1-13(14-5-3-2-4-6-14)23-17-19-11-12-20(17)24(21,22)16-9-7-15(18)8-10-16/h2-10,13H,11-12H2,1H3. The van der Waals surface area contributed by atoms with Crippen molar-refractivity contribution in [3.05, 3.63) is 65.2 Å². The Labute approximate surface area is 151 Å². The zero-order valence-corrected chi connectivity index (χ0v) is 15.5. The van der Waals surface area contributed by atoms with E-state index in [1.165, 1.54) is 28.2 Å². The van der Waals surface area contributed by atoms with Crippen molar-refractivity contribution >= 4 is 38.6 Å². The van der Waals surface area contributed by atoms with Gasteiger partial charge in [-0.25, -0.2) is 12.7 Å². The van der Waals surface area contributed by atoms with E-state index < -0.39 is 10.0 Å². The van der Waals surface area contributed by atoms with Gasteiger partial charge in [-0.15, -0.1) is 0 Å². The van der Waals surface area contributed by atoms with Gasteiger partial charge in [-0.3, -0.25) is 4.99 Å². The molecular weight excluding hydrogens is 364 g/mol. The fourth-order valence-electron chi connectivity index (χ4n) is 2.41. The second-order valence-corrected chi connectivity index (χ2v) is 8.97. The van der Waals surface area contributed by atoms with Crippen molar-refractivity contribution in [1.29, 1.82) is 0 Å². The molecule has 0 radical (unpaired) electrons. The average molecular weight is 381 g/mol. The molecule has 0 spiro atoms. The number of benzene rings is 2. The van der Waals surface area contributed by atoms with Gasteiger partial charge in [0.25, 0.3) is 10.0 Å². The molecule has 0 bridgehead atoms. The molecule has 1 aliphatic rings. The lowest BCUT2D eigenvalue weighted by molar-refractivity contribution is 0.540. The molecule has 126 valence electrons. The molecule has 0 aliphatic carbocycles. The van der Waals surface area contributed by atoms with Gasteiger partial charge in [-0.1, -0.05) is 53.7 Å². The largest absolute Gasteiger partial charge is 0.265 e. The summed E-state index contributed by atoms with van der Waals surface area (Å²) in [5.74, 6) is 0. The van der Waals surface area contributed by atoms with E-state index in [0.29, 0.717) is 23.3 Å². The summed E-state index contributed by atoms with van der Waals surface area (Å²) in [5, 5.41) is 1.17. The van der Waals surface area contributed by atoms with E-state index in [4.69, 9.17) is 11.6 Å². The summed E-state index contributed by atoms with van der Waals surface area (Å²) in [7, 11) is -3.61. The van der Waals surface area contributed by atoms with Crippen LogP contribution in [0.25, 0.3) is 0 Å². The number of hydrogen-bond acceptors (Lipinski definition) is 4. The maximum atomic E-state index is 12.9. The van der Waals surface area contributed by atoms with Gasteiger partial charge in [0, 0.05) is 10.3 Å². The number of amidine groups is 1. The van der Waals surface area contributed by atoms with Crippen LogP contribution in [0.1, 0.15) is 17.7 Å². The normalized spacial score (nSPS) is 16.1. The summed E-state index contributed by atoms with van der Waals surface area (Å²) in [6.45, 7) is 2.90. The van der Waals surface area contributed by atoms with Gasteiger partial charge < -0.3 is 0 Å². The molecule has 0 N–H and O–H groups in total. The van der Waals surface area contributed by atoms with Crippen molar-refractivity contribution in [2.45, 2.75) is 17.1 Å². The van der Waals surface area contributed by atoms with Crippen LogP contribution in [-0.4, -0.2) is 31.0 Å². The number of halogens is 1. The van der Waals surface area contributed by atoms with Gasteiger partial charge in [-0.2, -0.15) is 0 Å². The van der Waals surface area contributed by atoms with Crippen LogP contribution in [0.4, 0.5) is 0 Å². The molecule has 4 nitrogen and oxygen atoms in total. The van der Waals surface area contributed by atoms with E-state index in [-0.39, 0.29) is 10.1 Å². The molecule has 0 fully saturated rings. The van der Waals surface area contributed by atoms with Gasteiger partial charge in [-0.05, 0) is 36.8 Å². The minimum Gasteiger partial charge on any atom is -0.260 e. The Bertz CT molecular complexity index is 837. The van der Waals surface area contributed by atoms with Gasteiger partial charge in [0.2, 0.25) is 0 Å². The summed E-state index contributed by atoms with van der Waals surface area (Å²) < 4.78 is 27.1. The smallest absolute Gasteiger partial charge is 0.260 e. The molecule has 24 heavy (non-hydrogen) atoms. The van der Waals surface area contributed by atoms with Gasteiger partial charge >= 0.3 is 0 Å². The van der Waals surface area contributed by atoms with Crippen LogP contribution in [-0.2, 0) is 10.0 Å². The number of sulfonamides is 1. The third-order valence-electron chi connectivity index (χ3n) is 3.72. The van der Waals surface area contributed by atoms with Crippen LogP contribution < -0.4 is 0 Å². The Morgan fingerprint density at radius 3 is 2.46 bits per heavy atom. The summed E-state index contributed by atoms with van der Waals surface area (Å²) in [5.41, 5.74) is 1.14. The van der Waals surface area contributed by atoms with Crippen molar-refractivity contribution in [3.63, 3.8) is 0 Å². The summed E-state index contributed by atoms with van der Waals surface area (Å²) >= 11 is 7.31. The van der Waals surface area contributed by atoms with Gasteiger partial charge in [0.05, 0.1) is 18.0 Å². The van der Waals surface area contributed by atoms with E-state index >= 15 is 0 Å². The molecule has 7 heteroatoms. The van der Waals surface area contributed by atoms with Crippen LogP contribution in [0.15, 0.2) is 64.5 Å². The molecule has 1 atom stereocenters. The Balaban J connectivity index is 1.81. The molecule has 0 amide bonds. The van der Waals surface area contributed by atoms with Crippen LogP contribution in [0.2, 0.25) is 5.02 Å². The van der Waals surface area contributed by atoms with Crippen molar-refractivity contribution in [2.24, 2.45) is 4.99 Å². The summed E-state index contributed by atoms with van der Waals surface area (Å²) in [4.78, 5) is 4.62. The molecule has 1 aliphatic heterocycles. The molecule has 2 aromatic carbocycles. The van der Waals surface area contributed by atoms with E-state index in [1.54, 1.807) is 12.1 Å². The Morgan fingerprint density at radius 2 is 1.79 bits per heavy atom. The summed E-state index contributed by atoms with van der Waals surface area (Å²) in [6.07, 6.45) is 0. The first kappa shape index (κ1) is 17.3. The predicted octanol–water partition coefficient (Wildman–Crippen LogP) is 4.19. The predicted molar refractivity (Wildman–Crippen MR) is 100 cm³/mol. The van der Waals surface area contributed by atoms with Crippen molar-refractivity contribution < 1.29 is 8.42 Å². The van der Waals surface area contributed by atoms with Crippen LogP contribution >= 0.6 is 23.4 Å². The molecule has 0 saturated heterocycles. The number of rotatable bonds is 4. The highest BCUT2D eigenvalue weighted by atomic mass is 35.5. The minimum absolute atomic E-state index is 0.117. The quantitative estimate of drug-likeness (QED) is 0.798. The maximum absolute atomic E-state index is 12.9. The van der Waals surface area contributed by atoms with Crippen molar-refractivity contribution in [3.8, 4) is 0 Å². The fourth-order valence-corrected chi connectivity index (χ4v) is 5.27. The number of aliphatic imine (C=N–C) groups is 1. The van der Waals surface area contributed by atoms with Crippen molar-refractivity contribution in [1.82, 2.24) is 4.31 Å². The highest BCUT2D eigenvalue weighted by molar-refractivity contribution is 8.15. The highest BCUT2D eigenvalue weighted by Gasteiger charge is 2.32. The topological polar surface area (TPSA) is 49.7 Å². The first-order valence-corrected chi connectivity index (χ1v) is 10.2. The first-order chi connectivity index (χ1) is 11.5. The Kier molecular flexibility index (Phi) is 5.18. The lowest BCUT2D eigenvalue weighted by Crippen LogP contribution is -2.33. The van der Waals surface area contributed by atoms with Crippen molar-refractivity contribution in [2.75, 3.05) is 13.1 Å². The minimum atomic E-state index is -3.61. The van der Waals surface area contributed by atoms with E-state index in [1.807, 2.05) is 37.3 Å². The van der Waals surface area contributed by atoms with E-state index in [0.717, 1.165) is 5.56 Å². The zero-order valence-electron chi connectivity index (χ0n) is 13.1. The maximum Gasteiger partial charge on any atom is 0.265 e. The molecule has 1 unspecified atom stereocenters. The van der Waals surface area contributed by atoms with Crippen LogP contribution in [0.5, 0.6) is 0 Å². The monoisotopic (exact) mass is 380 g/mol. The molecule has 0 saturated carbocycles. The number of hydrogen-bond donors (Lipinski definition) is 0.